The number of ether oxygens (including phenoxy) is 3. The van der Waals surface area contributed by atoms with Gasteiger partial charge in [0.1, 0.15) is 30.7 Å². The van der Waals surface area contributed by atoms with Crippen LogP contribution in [0.15, 0.2) is 17.1 Å². The summed E-state index contributed by atoms with van der Waals surface area (Å²) in [6.07, 6.45) is 24.8. The number of phosphoric acid groups is 2. The minimum absolute atomic E-state index is 0.0568. The van der Waals surface area contributed by atoms with E-state index in [0.29, 0.717) is 12.8 Å². The van der Waals surface area contributed by atoms with Crippen molar-refractivity contribution in [3.63, 3.8) is 0 Å². The van der Waals surface area contributed by atoms with Gasteiger partial charge in [0.2, 0.25) is 0 Å². The average Bonchev–Trinajstić information content (AvgIpc) is 3.56. The van der Waals surface area contributed by atoms with E-state index in [9.17, 15) is 43.5 Å². The number of hydrogen-bond donors (Lipinski definition) is 5. The van der Waals surface area contributed by atoms with Crippen molar-refractivity contribution in [2.45, 2.75) is 245 Å². The highest BCUT2D eigenvalue weighted by molar-refractivity contribution is 7.61. The monoisotopic (exact) mass is 1020 g/mol. The van der Waals surface area contributed by atoms with Gasteiger partial charge in [0.15, 0.2) is 12.3 Å². The molecule has 1 aliphatic rings. The fourth-order valence-corrected chi connectivity index (χ4v) is 10.3. The number of carbonyl (C=O) groups is 2. The molecule has 20 heteroatoms. The van der Waals surface area contributed by atoms with Crippen molar-refractivity contribution in [3.05, 3.63) is 22.7 Å². The summed E-state index contributed by atoms with van der Waals surface area (Å²) in [5.74, 6) is 0.285. The zero-order chi connectivity index (χ0) is 50.9. The molecule has 1 aliphatic heterocycles. The number of nitrogens with two attached hydrogens (primary N) is 1. The summed E-state index contributed by atoms with van der Waals surface area (Å²) >= 11 is 0. The van der Waals surface area contributed by atoms with Gasteiger partial charge in [-0.15, -0.1) is 0 Å². The fraction of sp³-hybridized carbons (Fsp3) is 0.878. The van der Waals surface area contributed by atoms with Crippen LogP contribution in [0.5, 0.6) is 0 Å². The molecule has 0 spiro atoms. The van der Waals surface area contributed by atoms with E-state index in [1.165, 1.54) is 121 Å². The minimum atomic E-state index is -5.42. The molecule has 69 heavy (non-hydrogen) atoms. The Balaban J connectivity index is 1.78. The maximum atomic E-state index is 12.9. The summed E-state index contributed by atoms with van der Waals surface area (Å²) in [4.78, 5) is 61.9. The first-order chi connectivity index (χ1) is 32.9. The molecule has 2 rings (SSSR count). The number of anilines is 1. The number of rotatable bonds is 43. The third kappa shape index (κ3) is 31.1. The van der Waals surface area contributed by atoms with E-state index in [4.69, 9.17) is 29.0 Å². The molecule has 2 heterocycles. The number of nitrogens with zero attached hydrogens (tertiary/aromatic N) is 2. The van der Waals surface area contributed by atoms with E-state index < -0.39 is 83.7 Å². The highest BCUT2D eigenvalue weighted by atomic mass is 31.3. The Morgan fingerprint density at radius 2 is 1.07 bits per heavy atom. The molecular formula is C49H91N3O15P2. The smallest absolute Gasteiger partial charge is 0.462 e. The van der Waals surface area contributed by atoms with Crippen LogP contribution in [0, 0.1) is 11.8 Å². The lowest BCUT2D eigenvalue weighted by Gasteiger charge is -2.21. The Hall–Kier alpha value is -2.24. The maximum absolute atomic E-state index is 12.9. The van der Waals surface area contributed by atoms with Crippen LogP contribution in [-0.2, 0) is 46.3 Å². The second kappa shape index (κ2) is 36.6. The number of phosphoric ester groups is 2. The van der Waals surface area contributed by atoms with Crippen LogP contribution in [0.4, 0.5) is 5.82 Å². The van der Waals surface area contributed by atoms with Crippen molar-refractivity contribution in [3.8, 4) is 0 Å². The lowest BCUT2D eigenvalue weighted by molar-refractivity contribution is -0.161. The molecule has 0 amide bonds. The SMILES string of the molecule is CC(C)CCCCCCCCCCCCCCCCC(=O)O[C@H](COC(=O)CCCCCCCCCCCCCC(C)C)COP(=O)(O)OP(=O)(O)OC[C@H]1O[C@@H](n2ccc(N)nc2=O)C(O)[C@H]1O. The molecule has 1 aromatic rings. The normalized spacial score (nSPS) is 19.4. The molecule has 0 aliphatic carbocycles. The van der Waals surface area contributed by atoms with Gasteiger partial charge in [-0.1, -0.05) is 188 Å². The number of carbonyl (C=O) groups excluding carboxylic acids is 2. The third-order valence-electron chi connectivity index (χ3n) is 12.3. The van der Waals surface area contributed by atoms with Gasteiger partial charge in [-0.25, -0.2) is 13.9 Å². The van der Waals surface area contributed by atoms with Gasteiger partial charge in [-0.2, -0.15) is 9.29 Å². The number of esters is 2. The molecule has 1 aromatic heterocycles. The lowest BCUT2D eigenvalue weighted by atomic mass is 10.0. The van der Waals surface area contributed by atoms with Crippen LogP contribution in [0.3, 0.4) is 0 Å². The first kappa shape index (κ1) is 62.9. The Labute approximate surface area is 412 Å². The lowest BCUT2D eigenvalue weighted by Crippen LogP contribution is -2.36. The number of nitrogen functional groups attached to an aromatic ring is 1. The standard InChI is InChI=1S/C49H91N3O15P2/c1-39(2)30-26-22-18-14-10-7-5-6-8-12-17-21-25-29-33-45(54)65-41(36-62-44(53)32-28-24-20-16-13-9-11-15-19-23-27-31-40(3)4)37-63-68(58,59)67-69(60,61)64-38-42-46(55)47(56)48(66-42)52-35-34-43(50)51-49(52)57/h34-35,39-42,46-48,55-56H,5-33,36-38H2,1-4H3,(H,58,59)(H,60,61)(H2,50,51,57)/t41-,42-,46+,47?,48-/m1/s1. The zero-order valence-electron chi connectivity index (χ0n) is 42.5. The highest BCUT2D eigenvalue weighted by Crippen LogP contribution is 2.60. The summed E-state index contributed by atoms with van der Waals surface area (Å²) in [5.41, 5.74) is 4.59. The topological polar surface area (TPSA) is 265 Å². The van der Waals surface area contributed by atoms with Crippen LogP contribution in [0.2, 0.25) is 0 Å². The van der Waals surface area contributed by atoms with Gasteiger partial charge >= 0.3 is 33.3 Å². The Bertz CT molecular complexity index is 1680. The number of aliphatic hydroxyl groups excluding tert-OH is 2. The Morgan fingerprint density at radius 1 is 0.652 bits per heavy atom. The molecule has 6 N–H and O–H groups in total. The van der Waals surface area contributed by atoms with E-state index in [1.807, 2.05) is 0 Å². The summed E-state index contributed by atoms with van der Waals surface area (Å²) < 4.78 is 56.9. The van der Waals surface area contributed by atoms with Gasteiger partial charge in [0.25, 0.3) is 0 Å². The summed E-state index contributed by atoms with van der Waals surface area (Å²) in [6.45, 7) is 6.81. The molecule has 1 fully saturated rings. The number of hydrogen-bond acceptors (Lipinski definition) is 15. The molecule has 7 atom stereocenters. The van der Waals surface area contributed by atoms with Crippen molar-refractivity contribution >= 4 is 33.4 Å². The first-order valence-corrected chi connectivity index (χ1v) is 29.3. The van der Waals surface area contributed by atoms with Gasteiger partial charge in [0.05, 0.1) is 13.2 Å². The summed E-state index contributed by atoms with van der Waals surface area (Å²) in [7, 11) is -10.8. The second-order valence-electron chi connectivity index (χ2n) is 19.7. The molecule has 0 saturated carbocycles. The fourth-order valence-electron chi connectivity index (χ4n) is 8.21. The van der Waals surface area contributed by atoms with Crippen LogP contribution in [-0.4, -0.2) is 85.7 Å². The van der Waals surface area contributed by atoms with Crippen molar-refractivity contribution in [1.82, 2.24) is 9.55 Å². The molecule has 0 radical (unpaired) electrons. The highest BCUT2D eigenvalue weighted by Gasteiger charge is 2.46. The van der Waals surface area contributed by atoms with Crippen molar-refractivity contribution in [2.24, 2.45) is 11.8 Å². The van der Waals surface area contributed by atoms with Crippen LogP contribution >= 0.6 is 15.6 Å². The van der Waals surface area contributed by atoms with Crippen molar-refractivity contribution in [2.75, 3.05) is 25.6 Å². The first-order valence-electron chi connectivity index (χ1n) is 26.3. The third-order valence-corrected chi connectivity index (χ3v) is 14.9. The van der Waals surface area contributed by atoms with Gasteiger partial charge in [0, 0.05) is 19.0 Å². The Morgan fingerprint density at radius 3 is 1.52 bits per heavy atom. The van der Waals surface area contributed by atoms with Crippen molar-refractivity contribution < 1.29 is 66.3 Å². The molecule has 18 nitrogen and oxygen atoms in total. The predicted molar refractivity (Wildman–Crippen MR) is 266 cm³/mol. The van der Waals surface area contributed by atoms with E-state index in [-0.39, 0.29) is 18.7 Å². The van der Waals surface area contributed by atoms with Gasteiger partial charge < -0.3 is 39.9 Å². The number of unbranched alkanes of at least 4 members (excludes halogenated alkanes) is 23. The number of aromatic nitrogens is 2. The van der Waals surface area contributed by atoms with Gasteiger partial charge in [-0.3, -0.25) is 23.2 Å². The molecule has 1 saturated heterocycles. The number of aliphatic hydroxyl groups is 2. The average molecular weight is 1020 g/mol. The van der Waals surface area contributed by atoms with Crippen LogP contribution in [0.25, 0.3) is 0 Å². The van der Waals surface area contributed by atoms with Crippen LogP contribution < -0.4 is 11.4 Å². The Kier molecular flexibility index (Phi) is 33.4. The van der Waals surface area contributed by atoms with Gasteiger partial charge in [-0.05, 0) is 30.7 Å². The van der Waals surface area contributed by atoms with E-state index in [0.717, 1.165) is 67.8 Å². The minimum Gasteiger partial charge on any atom is -0.462 e. The zero-order valence-corrected chi connectivity index (χ0v) is 44.3. The summed E-state index contributed by atoms with van der Waals surface area (Å²) in [6, 6.07) is 1.25. The van der Waals surface area contributed by atoms with Crippen molar-refractivity contribution in [1.29, 1.82) is 0 Å². The molecule has 0 bridgehead atoms. The van der Waals surface area contributed by atoms with E-state index >= 15 is 0 Å². The largest absolute Gasteiger partial charge is 0.481 e. The molecule has 402 valence electrons. The predicted octanol–water partition coefficient (Wildman–Crippen LogP) is 10.8. The van der Waals surface area contributed by atoms with E-state index in [2.05, 4.69) is 37.0 Å². The molecular weight excluding hydrogens is 932 g/mol. The van der Waals surface area contributed by atoms with E-state index in [1.54, 1.807) is 0 Å². The molecule has 0 aromatic carbocycles. The molecule has 3 unspecified atom stereocenters. The van der Waals surface area contributed by atoms with Crippen LogP contribution in [0.1, 0.15) is 220 Å². The maximum Gasteiger partial charge on any atom is 0.481 e. The second-order valence-corrected chi connectivity index (χ2v) is 22.7. The quantitative estimate of drug-likeness (QED) is 0.0231. The summed E-state index contributed by atoms with van der Waals surface area (Å²) in [5, 5.41) is 20.9.